The first kappa shape index (κ1) is 23.7. The van der Waals surface area contributed by atoms with Gasteiger partial charge in [-0.2, -0.15) is 0 Å². The van der Waals surface area contributed by atoms with Gasteiger partial charge in [-0.15, -0.1) is 0 Å². The van der Waals surface area contributed by atoms with Crippen molar-refractivity contribution < 1.29 is 9.59 Å². The Balaban J connectivity index is 2.73. The SMILES string of the molecule is CCN(CCNC(=O)C(CC(C)C)NC(=O)c1ccc(Cl)cc1Cl)C(C)C. The topological polar surface area (TPSA) is 61.4 Å². The van der Waals surface area contributed by atoms with Crippen LogP contribution >= 0.6 is 23.2 Å². The lowest BCUT2D eigenvalue weighted by Crippen LogP contribution is -2.49. The number of halogens is 2. The molecule has 0 saturated heterocycles. The number of amides is 2. The third-order valence-electron chi connectivity index (χ3n) is 4.34. The lowest BCUT2D eigenvalue weighted by molar-refractivity contribution is -0.123. The van der Waals surface area contributed by atoms with Gasteiger partial charge in [0.15, 0.2) is 0 Å². The number of rotatable bonds is 10. The van der Waals surface area contributed by atoms with Crippen LogP contribution in [0.2, 0.25) is 10.0 Å². The molecule has 0 fully saturated rings. The summed E-state index contributed by atoms with van der Waals surface area (Å²) >= 11 is 12.0. The molecule has 0 spiro atoms. The molecule has 0 aliphatic heterocycles. The van der Waals surface area contributed by atoms with Gasteiger partial charge in [-0.25, -0.2) is 0 Å². The van der Waals surface area contributed by atoms with Crippen LogP contribution in [-0.4, -0.2) is 48.4 Å². The van der Waals surface area contributed by atoms with Gasteiger partial charge in [0.2, 0.25) is 5.91 Å². The third-order valence-corrected chi connectivity index (χ3v) is 4.89. The maximum absolute atomic E-state index is 12.6. The first-order valence-corrected chi connectivity index (χ1v) is 10.2. The molecule has 5 nitrogen and oxygen atoms in total. The number of nitrogens with zero attached hydrogens (tertiary/aromatic N) is 1. The molecule has 0 bridgehead atoms. The highest BCUT2D eigenvalue weighted by molar-refractivity contribution is 6.36. The van der Waals surface area contributed by atoms with E-state index in [-0.39, 0.29) is 22.8 Å². The quantitative estimate of drug-likeness (QED) is 0.607. The normalized spacial score (nSPS) is 12.5. The van der Waals surface area contributed by atoms with Crippen LogP contribution in [0.4, 0.5) is 0 Å². The zero-order valence-corrected chi connectivity index (χ0v) is 18.3. The lowest BCUT2D eigenvalue weighted by atomic mass is 10.0. The van der Waals surface area contributed by atoms with E-state index in [1.807, 2.05) is 13.8 Å². The fraction of sp³-hybridized carbons (Fsp3) is 0.600. The third kappa shape index (κ3) is 8.08. The maximum Gasteiger partial charge on any atom is 0.253 e. The van der Waals surface area contributed by atoms with Crippen molar-refractivity contribution in [3.8, 4) is 0 Å². The molecule has 152 valence electrons. The fourth-order valence-corrected chi connectivity index (χ4v) is 3.33. The molecule has 2 N–H and O–H groups in total. The second-order valence-corrected chi connectivity index (χ2v) is 8.14. The molecule has 1 aromatic rings. The van der Waals surface area contributed by atoms with Crippen molar-refractivity contribution >= 4 is 35.0 Å². The Kier molecular flexibility index (Phi) is 10.1. The van der Waals surface area contributed by atoms with Gasteiger partial charge in [0.05, 0.1) is 10.6 Å². The van der Waals surface area contributed by atoms with Crippen molar-refractivity contribution in [1.29, 1.82) is 0 Å². The van der Waals surface area contributed by atoms with Gasteiger partial charge in [0.1, 0.15) is 6.04 Å². The Morgan fingerprint density at radius 3 is 2.33 bits per heavy atom. The zero-order valence-electron chi connectivity index (χ0n) is 16.8. The molecular formula is C20H31Cl2N3O2. The number of hydrogen-bond acceptors (Lipinski definition) is 3. The second kappa shape index (κ2) is 11.5. The average molecular weight is 416 g/mol. The molecule has 0 aliphatic rings. The van der Waals surface area contributed by atoms with E-state index >= 15 is 0 Å². The summed E-state index contributed by atoms with van der Waals surface area (Å²) in [6.45, 7) is 12.6. The Morgan fingerprint density at radius 1 is 1.15 bits per heavy atom. The van der Waals surface area contributed by atoms with Gasteiger partial charge in [0, 0.05) is 24.2 Å². The first-order valence-electron chi connectivity index (χ1n) is 9.43. The van der Waals surface area contributed by atoms with Crippen molar-refractivity contribution in [1.82, 2.24) is 15.5 Å². The van der Waals surface area contributed by atoms with E-state index in [1.54, 1.807) is 12.1 Å². The van der Waals surface area contributed by atoms with E-state index in [9.17, 15) is 9.59 Å². The molecule has 1 atom stereocenters. The summed E-state index contributed by atoms with van der Waals surface area (Å²) in [4.78, 5) is 27.5. The zero-order chi connectivity index (χ0) is 20.6. The molecule has 27 heavy (non-hydrogen) atoms. The van der Waals surface area contributed by atoms with E-state index in [0.717, 1.165) is 13.1 Å². The predicted molar refractivity (Wildman–Crippen MR) is 113 cm³/mol. The molecule has 2 amide bonds. The number of carbonyl (C=O) groups is 2. The first-order chi connectivity index (χ1) is 12.6. The van der Waals surface area contributed by atoms with Crippen molar-refractivity contribution in [2.75, 3.05) is 19.6 Å². The minimum atomic E-state index is -0.613. The monoisotopic (exact) mass is 415 g/mol. The van der Waals surface area contributed by atoms with Crippen LogP contribution in [-0.2, 0) is 4.79 Å². The fourth-order valence-electron chi connectivity index (χ4n) is 2.84. The van der Waals surface area contributed by atoms with Crippen LogP contribution in [0.3, 0.4) is 0 Å². The van der Waals surface area contributed by atoms with Crippen LogP contribution in [0.1, 0.15) is 51.4 Å². The van der Waals surface area contributed by atoms with Crippen LogP contribution in [0.15, 0.2) is 18.2 Å². The standard InChI is InChI=1S/C20H31Cl2N3O2/c1-6-25(14(4)5)10-9-23-20(27)18(11-13(2)3)24-19(26)16-8-7-15(21)12-17(16)22/h7-8,12-14,18H,6,9-11H2,1-5H3,(H,23,27)(H,24,26). The summed E-state index contributed by atoms with van der Waals surface area (Å²) in [5.41, 5.74) is 0.305. The Bertz CT molecular complexity index is 636. The molecule has 0 radical (unpaired) electrons. The van der Waals surface area contributed by atoms with Crippen molar-refractivity contribution in [3.05, 3.63) is 33.8 Å². The van der Waals surface area contributed by atoms with E-state index in [4.69, 9.17) is 23.2 Å². The largest absolute Gasteiger partial charge is 0.353 e. The Hall–Kier alpha value is -1.30. The molecule has 1 aromatic carbocycles. The highest BCUT2D eigenvalue weighted by atomic mass is 35.5. The average Bonchev–Trinajstić information content (AvgIpc) is 2.57. The van der Waals surface area contributed by atoms with Crippen molar-refractivity contribution in [3.63, 3.8) is 0 Å². The lowest BCUT2D eigenvalue weighted by Gasteiger charge is -2.26. The molecule has 1 rings (SSSR count). The summed E-state index contributed by atoms with van der Waals surface area (Å²) < 4.78 is 0. The molecule has 0 aliphatic carbocycles. The molecule has 1 unspecified atom stereocenters. The summed E-state index contributed by atoms with van der Waals surface area (Å²) in [6, 6.07) is 4.49. The summed E-state index contributed by atoms with van der Waals surface area (Å²) in [5.74, 6) is -0.304. The van der Waals surface area contributed by atoms with Gasteiger partial charge >= 0.3 is 0 Å². The Morgan fingerprint density at radius 2 is 1.81 bits per heavy atom. The van der Waals surface area contributed by atoms with Gasteiger partial charge in [-0.3, -0.25) is 14.5 Å². The van der Waals surface area contributed by atoms with E-state index in [0.29, 0.717) is 29.6 Å². The number of likely N-dealkylation sites (N-methyl/N-ethyl adjacent to an activating group) is 1. The van der Waals surface area contributed by atoms with E-state index < -0.39 is 6.04 Å². The second-order valence-electron chi connectivity index (χ2n) is 7.29. The molecule has 0 aromatic heterocycles. The van der Waals surface area contributed by atoms with Gasteiger partial charge in [-0.05, 0) is 50.9 Å². The minimum Gasteiger partial charge on any atom is -0.353 e. The predicted octanol–water partition coefficient (Wildman–Crippen LogP) is 3.98. The van der Waals surface area contributed by atoms with Crippen LogP contribution in [0.5, 0.6) is 0 Å². The number of nitrogens with one attached hydrogen (secondary N) is 2. The van der Waals surface area contributed by atoms with Crippen LogP contribution in [0.25, 0.3) is 0 Å². The highest BCUT2D eigenvalue weighted by Gasteiger charge is 2.23. The number of carbonyl (C=O) groups excluding carboxylic acids is 2. The molecular weight excluding hydrogens is 385 g/mol. The van der Waals surface area contributed by atoms with Gasteiger partial charge in [-0.1, -0.05) is 44.0 Å². The number of benzene rings is 1. The molecule has 0 saturated carbocycles. The van der Waals surface area contributed by atoms with Crippen LogP contribution < -0.4 is 10.6 Å². The summed E-state index contributed by atoms with van der Waals surface area (Å²) in [5, 5.41) is 6.47. The van der Waals surface area contributed by atoms with Gasteiger partial charge < -0.3 is 10.6 Å². The maximum atomic E-state index is 12.6. The van der Waals surface area contributed by atoms with Gasteiger partial charge in [0.25, 0.3) is 5.91 Å². The highest BCUT2D eigenvalue weighted by Crippen LogP contribution is 2.21. The van der Waals surface area contributed by atoms with Crippen LogP contribution in [0, 0.1) is 5.92 Å². The number of hydrogen-bond donors (Lipinski definition) is 2. The van der Waals surface area contributed by atoms with Crippen molar-refractivity contribution in [2.24, 2.45) is 5.92 Å². The smallest absolute Gasteiger partial charge is 0.253 e. The molecule has 0 heterocycles. The van der Waals surface area contributed by atoms with E-state index in [1.165, 1.54) is 6.07 Å². The minimum absolute atomic E-state index is 0.179. The summed E-state index contributed by atoms with van der Waals surface area (Å²) in [7, 11) is 0. The van der Waals surface area contributed by atoms with Crippen molar-refractivity contribution in [2.45, 2.75) is 53.1 Å². The van der Waals surface area contributed by atoms with E-state index in [2.05, 4.69) is 36.3 Å². The molecule has 7 heteroatoms. The Labute approximate surface area is 172 Å². The summed E-state index contributed by atoms with van der Waals surface area (Å²) in [6.07, 6.45) is 0.546.